The number of nitrogens with two attached hydrogens (primary N) is 1. The van der Waals surface area contributed by atoms with Gasteiger partial charge in [-0.05, 0) is 32.9 Å². The Morgan fingerprint density at radius 1 is 1.53 bits per heavy atom. The predicted octanol–water partition coefficient (Wildman–Crippen LogP) is 0.914. The van der Waals surface area contributed by atoms with Crippen molar-refractivity contribution in [1.29, 1.82) is 0 Å². The summed E-state index contributed by atoms with van der Waals surface area (Å²) in [5.41, 5.74) is 5.52. The summed E-state index contributed by atoms with van der Waals surface area (Å²) in [6.07, 6.45) is 4.98. The third kappa shape index (κ3) is 4.28. The molecule has 2 N–H and O–H groups in total. The third-order valence-electron chi connectivity index (χ3n) is 3.87. The Balaban J connectivity index is 2.31. The van der Waals surface area contributed by atoms with E-state index < -0.39 is 0 Å². The number of hydrogen-bond acceptors (Lipinski definition) is 3. The molecule has 1 fully saturated rings. The van der Waals surface area contributed by atoms with Gasteiger partial charge < -0.3 is 15.5 Å². The zero-order valence-corrected chi connectivity index (χ0v) is 11.5. The molecule has 2 atom stereocenters. The molecule has 0 aromatic heterocycles. The number of amides is 1. The van der Waals surface area contributed by atoms with Crippen molar-refractivity contribution >= 4 is 5.91 Å². The standard InChI is InChI=1S/C13H27N3O/c1-11(10-14)13(17)16(3)9-7-12-6-4-5-8-15(12)2/h11-12H,4-10,14H2,1-3H3. The van der Waals surface area contributed by atoms with Crippen molar-refractivity contribution in [2.75, 3.05) is 33.7 Å². The fourth-order valence-corrected chi connectivity index (χ4v) is 2.44. The van der Waals surface area contributed by atoms with Crippen molar-refractivity contribution in [2.45, 2.75) is 38.6 Å². The van der Waals surface area contributed by atoms with Gasteiger partial charge in [-0.1, -0.05) is 13.3 Å². The van der Waals surface area contributed by atoms with Crippen LogP contribution in [0.15, 0.2) is 0 Å². The zero-order chi connectivity index (χ0) is 12.8. The Morgan fingerprint density at radius 2 is 2.24 bits per heavy atom. The SMILES string of the molecule is CC(CN)C(=O)N(C)CCC1CCCCN1C. The van der Waals surface area contributed by atoms with E-state index in [9.17, 15) is 4.79 Å². The van der Waals surface area contributed by atoms with Gasteiger partial charge in [-0.15, -0.1) is 0 Å². The molecule has 0 bridgehead atoms. The summed E-state index contributed by atoms with van der Waals surface area (Å²) in [4.78, 5) is 16.1. The number of rotatable bonds is 5. The van der Waals surface area contributed by atoms with Crippen LogP contribution in [0, 0.1) is 5.92 Å². The first-order valence-electron chi connectivity index (χ1n) is 6.71. The lowest BCUT2D eigenvalue weighted by Crippen LogP contribution is -2.41. The smallest absolute Gasteiger partial charge is 0.226 e. The average Bonchev–Trinajstić information content (AvgIpc) is 2.35. The Labute approximate surface area is 105 Å². The first kappa shape index (κ1) is 14.5. The number of piperidine rings is 1. The normalized spacial score (nSPS) is 23.4. The lowest BCUT2D eigenvalue weighted by atomic mass is 10.00. The van der Waals surface area contributed by atoms with E-state index in [1.807, 2.05) is 18.9 Å². The molecule has 1 saturated heterocycles. The molecular formula is C13H27N3O. The number of nitrogens with zero attached hydrogens (tertiary/aromatic N) is 2. The van der Waals surface area contributed by atoms with Crippen LogP contribution in [0.3, 0.4) is 0 Å². The monoisotopic (exact) mass is 241 g/mol. The lowest BCUT2D eigenvalue weighted by Gasteiger charge is -2.33. The minimum atomic E-state index is -0.0518. The molecule has 0 aromatic rings. The van der Waals surface area contributed by atoms with Gasteiger partial charge in [0.1, 0.15) is 0 Å². The molecule has 1 aliphatic rings. The molecule has 4 nitrogen and oxygen atoms in total. The summed E-state index contributed by atoms with van der Waals surface area (Å²) in [5.74, 6) is 0.120. The van der Waals surface area contributed by atoms with E-state index in [4.69, 9.17) is 5.73 Å². The van der Waals surface area contributed by atoms with Crippen LogP contribution in [-0.4, -0.2) is 55.5 Å². The highest BCUT2D eigenvalue weighted by Crippen LogP contribution is 2.18. The van der Waals surface area contributed by atoms with E-state index in [0.29, 0.717) is 12.6 Å². The minimum absolute atomic E-state index is 0.0518. The largest absolute Gasteiger partial charge is 0.345 e. The van der Waals surface area contributed by atoms with Crippen LogP contribution in [0.25, 0.3) is 0 Å². The van der Waals surface area contributed by atoms with Gasteiger partial charge in [0.15, 0.2) is 0 Å². The summed E-state index contributed by atoms with van der Waals surface area (Å²) in [6, 6.07) is 0.646. The van der Waals surface area contributed by atoms with Gasteiger partial charge in [-0.3, -0.25) is 4.79 Å². The highest BCUT2D eigenvalue weighted by molar-refractivity contribution is 5.78. The number of carbonyl (C=O) groups is 1. The van der Waals surface area contributed by atoms with Crippen LogP contribution in [0.1, 0.15) is 32.6 Å². The average molecular weight is 241 g/mol. The highest BCUT2D eigenvalue weighted by atomic mass is 16.2. The molecule has 0 aliphatic carbocycles. The van der Waals surface area contributed by atoms with Crippen molar-refractivity contribution in [3.05, 3.63) is 0 Å². The summed E-state index contributed by atoms with van der Waals surface area (Å²) >= 11 is 0. The predicted molar refractivity (Wildman–Crippen MR) is 70.7 cm³/mol. The molecule has 1 heterocycles. The zero-order valence-electron chi connectivity index (χ0n) is 11.5. The van der Waals surface area contributed by atoms with Crippen molar-refractivity contribution in [2.24, 2.45) is 11.7 Å². The summed E-state index contributed by atoms with van der Waals surface area (Å²) < 4.78 is 0. The third-order valence-corrected chi connectivity index (χ3v) is 3.87. The molecule has 1 amide bonds. The topological polar surface area (TPSA) is 49.6 Å². The van der Waals surface area contributed by atoms with Gasteiger partial charge in [0.2, 0.25) is 5.91 Å². The van der Waals surface area contributed by atoms with Crippen LogP contribution in [0.5, 0.6) is 0 Å². The number of carbonyl (C=O) groups excluding carboxylic acids is 1. The highest BCUT2D eigenvalue weighted by Gasteiger charge is 2.21. The maximum atomic E-state index is 11.9. The van der Waals surface area contributed by atoms with Gasteiger partial charge in [-0.2, -0.15) is 0 Å². The van der Waals surface area contributed by atoms with Crippen LogP contribution in [0.4, 0.5) is 0 Å². The minimum Gasteiger partial charge on any atom is -0.345 e. The molecule has 17 heavy (non-hydrogen) atoms. The molecule has 0 spiro atoms. The fraction of sp³-hybridized carbons (Fsp3) is 0.923. The molecular weight excluding hydrogens is 214 g/mol. The Bertz CT molecular complexity index is 245. The van der Waals surface area contributed by atoms with Crippen LogP contribution in [-0.2, 0) is 4.79 Å². The molecule has 2 unspecified atom stereocenters. The molecule has 0 saturated carbocycles. The molecule has 0 radical (unpaired) electrons. The van der Waals surface area contributed by atoms with Crippen molar-refractivity contribution in [1.82, 2.24) is 9.80 Å². The second-order valence-corrected chi connectivity index (χ2v) is 5.32. The van der Waals surface area contributed by atoms with E-state index in [1.165, 1.54) is 25.8 Å². The molecule has 1 rings (SSSR count). The number of likely N-dealkylation sites (tertiary alicyclic amines) is 1. The second-order valence-electron chi connectivity index (χ2n) is 5.32. The molecule has 0 aromatic carbocycles. The Hall–Kier alpha value is -0.610. The summed E-state index contributed by atoms with van der Waals surface area (Å²) in [5, 5.41) is 0. The van der Waals surface area contributed by atoms with E-state index in [1.54, 1.807) is 0 Å². The van der Waals surface area contributed by atoms with Crippen molar-refractivity contribution in [3.63, 3.8) is 0 Å². The Morgan fingerprint density at radius 3 is 2.82 bits per heavy atom. The molecule has 100 valence electrons. The van der Waals surface area contributed by atoms with E-state index in [0.717, 1.165) is 13.0 Å². The summed E-state index contributed by atoms with van der Waals surface area (Å²) in [6.45, 7) is 4.37. The van der Waals surface area contributed by atoms with Crippen LogP contribution < -0.4 is 5.73 Å². The van der Waals surface area contributed by atoms with E-state index in [-0.39, 0.29) is 11.8 Å². The van der Waals surface area contributed by atoms with Crippen molar-refractivity contribution in [3.8, 4) is 0 Å². The number of hydrogen-bond donors (Lipinski definition) is 1. The van der Waals surface area contributed by atoms with Crippen LogP contribution >= 0.6 is 0 Å². The Kier molecular flexibility index (Phi) is 5.92. The van der Waals surface area contributed by atoms with Crippen molar-refractivity contribution < 1.29 is 4.79 Å². The van der Waals surface area contributed by atoms with Gasteiger partial charge in [0, 0.05) is 32.1 Å². The first-order chi connectivity index (χ1) is 8.06. The van der Waals surface area contributed by atoms with Crippen LogP contribution in [0.2, 0.25) is 0 Å². The van der Waals surface area contributed by atoms with Gasteiger partial charge in [0.05, 0.1) is 0 Å². The molecule has 4 heteroatoms. The second kappa shape index (κ2) is 6.97. The maximum absolute atomic E-state index is 11.9. The van der Waals surface area contributed by atoms with E-state index in [2.05, 4.69) is 11.9 Å². The quantitative estimate of drug-likeness (QED) is 0.778. The van der Waals surface area contributed by atoms with Gasteiger partial charge in [-0.25, -0.2) is 0 Å². The molecule has 1 aliphatic heterocycles. The first-order valence-corrected chi connectivity index (χ1v) is 6.71. The lowest BCUT2D eigenvalue weighted by molar-refractivity contribution is -0.133. The fourth-order valence-electron chi connectivity index (χ4n) is 2.44. The maximum Gasteiger partial charge on any atom is 0.226 e. The summed E-state index contributed by atoms with van der Waals surface area (Å²) in [7, 11) is 4.07. The van der Waals surface area contributed by atoms with E-state index >= 15 is 0 Å². The van der Waals surface area contributed by atoms with Gasteiger partial charge >= 0.3 is 0 Å². The van der Waals surface area contributed by atoms with Gasteiger partial charge in [0.25, 0.3) is 0 Å².